The molecule has 16 heavy (non-hydrogen) atoms. The monoisotopic (exact) mass is 233 g/mol. The zero-order chi connectivity index (χ0) is 11.4. The average Bonchev–Trinajstić information content (AvgIpc) is 2.31. The SMILES string of the molecule is N=Cc1c(Cl)ncnc1Nc1ccccn1. The molecule has 2 aromatic heterocycles. The summed E-state index contributed by atoms with van der Waals surface area (Å²) in [6.07, 6.45) is 4.10. The molecule has 0 saturated carbocycles. The predicted octanol–water partition coefficient (Wildman–Crippen LogP) is 2.27. The minimum Gasteiger partial charge on any atom is -0.324 e. The molecular weight excluding hydrogens is 226 g/mol. The molecule has 0 aromatic carbocycles. The number of hydrogen-bond donors (Lipinski definition) is 2. The summed E-state index contributed by atoms with van der Waals surface area (Å²) in [6, 6.07) is 5.46. The van der Waals surface area contributed by atoms with Crippen LogP contribution in [-0.4, -0.2) is 21.2 Å². The second kappa shape index (κ2) is 4.67. The molecule has 2 aromatic rings. The number of aromatic nitrogens is 3. The normalized spacial score (nSPS) is 9.81. The molecule has 0 bridgehead atoms. The lowest BCUT2D eigenvalue weighted by molar-refractivity contribution is 1.15. The summed E-state index contributed by atoms with van der Waals surface area (Å²) in [5.74, 6) is 1.11. The van der Waals surface area contributed by atoms with E-state index in [9.17, 15) is 0 Å². The van der Waals surface area contributed by atoms with E-state index in [2.05, 4.69) is 20.3 Å². The van der Waals surface area contributed by atoms with Gasteiger partial charge in [0.05, 0.1) is 5.56 Å². The molecular formula is C10H8ClN5. The molecule has 0 amide bonds. The lowest BCUT2D eigenvalue weighted by atomic mass is 10.3. The van der Waals surface area contributed by atoms with Gasteiger partial charge in [0, 0.05) is 12.4 Å². The van der Waals surface area contributed by atoms with E-state index in [1.807, 2.05) is 12.1 Å². The van der Waals surface area contributed by atoms with Crippen molar-refractivity contribution in [1.82, 2.24) is 15.0 Å². The number of rotatable bonds is 3. The van der Waals surface area contributed by atoms with E-state index in [-0.39, 0.29) is 5.15 Å². The van der Waals surface area contributed by atoms with E-state index in [1.54, 1.807) is 12.3 Å². The highest BCUT2D eigenvalue weighted by atomic mass is 35.5. The maximum Gasteiger partial charge on any atom is 0.145 e. The summed E-state index contributed by atoms with van der Waals surface area (Å²) < 4.78 is 0. The summed E-state index contributed by atoms with van der Waals surface area (Å²) in [6.45, 7) is 0. The van der Waals surface area contributed by atoms with Gasteiger partial charge in [0.2, 0.25) is 0 Å². The van der Waals surface area contributed by atoms with Crippen LogP contribution in [0.1, 0.15) is 5.56 Å². The fourth-order valence-corrected chi connectivity index (χ4v) is 1.35. The third-order valence-corrected chi connectivity index (χ3v) is 2.19. The van der Waals surface area contributed by atoms with Gasteiger partial charge in [-0.3, -0.25) is 0 Å². The highest BCUT2D eigenvalue weighted by Gasteiger charge is 2.07. The summed E-state index contributed by atoms with van der Waals surface area (Å²) in [5.41, 5.74) is 0.440. The van der Waals surface area contributed by atoms with Crippen molar-refractivity contribution >= 4 is 29.5 Å². The minimum atomic E-state index is 0.239. The third kappa shape index (κ3) is 2.14. The van der Waals surface area contributed by atoms with E-state index in [4.69, 9.17) is 17.0 Å². The molecule has 0 atom stereocenters. The van der Waals surface area contributed by atoms with Gasteiger partial charge in [0.25, 0.3) is 0 Å². The predicted molar refractivity (Wildman–Crippen MR) is 62.4 cm³/mol. The summed E-state index contributed by atoms with van der Waals surface area (Å²) in [4.78, 5) is 11.9. The average molecular weight is 234 g/mol. The first-order valence-corrected chi connectivity index (χ1v) is 4.88. The van der Waals surface area contributed by atoms with Crippen LogP contribution in [0, 0.1) is 5.41 Å². The Hall–Kier alpha value is -2.01. The van der Waals surface area contributed by atoms with Gasteiger partial charge in [-0.2, -0.15) is 0 Å². The lowest BCUT2D eigenvalue weighted by Crippen LogP contribution is -2.01. The van der Waals surface area contributed by atoms with Crippen molar-refractivity contribution in [2.75, 3.05) is 5.32 Å². The Morgan fingerprint density at radius 1 is 1.25 bits per heavy atom. The molecule has 0 unspecified atom stereocenters. The topological polar surface area (TPSA) is 74.6 Å². The van der Waals surface area contributed by atoms with Crippen molar-refractivity contribution in [2.24, 2.45) is 0 Å². The third-order valence-electron chi connectivity index (χ3n) is 1.89. The summed E-state index contributed by atoms with van der Waals surface area (Å²) >= 11 is 5.83. The van der Waals surface area contributed by atoms with Crippen molar-refractivity contribution in [2.45, 2.75) is 0 Å². The lowest BCUT2D eigenvalue weighted by Gasteiger charge is -2.07. The highest BCUT2D eigenvalue weighted by Crippen LogP contribution is 2.19. The number of pyridine rings is 1. The van der Waals surface area contributed by atoms with Gasteiger partial charge in [-0.15, -0.1) is 0 Å². The van der Waals surface area contributed by atoms with Crippen molar-refractivity contribution in [1.29, 1.82) is 5.41 Å². The van der Waals surface area contributed by atoms with Crippen LogP contribution in [0.3, 0.4) is 0 Å². The van der Waals surface area contributed by atoms with Crippen molar-refractivity contribution < 1.29 is 0 Å². The Labute approximate surface area is 97.1 Å². The number of nitrogens with zero attached hydrogens (tertiary/aromatic N) is 3. The maximum absolute atomic E-state index is 7.24. The first-order chi connectivity index (χ1) is 7.81. The van der Waals surface area contributed by atoms with Crippen LogP contribution >= 0.6 is 11.6 Å². The molecule has 6 heteroatoms. The van der Waals surface area contributed by atoms with E-state index < -0.39 is 0 Å². The molecule has 5 nitrogen and oxygen atoms in total. The van der Waals surface area contributed by atoms with E-state index in [1.165, 1.54) is 6.33 Å². The van der Waals surface area contributed by atoms with Crippen molar-refractivity contribution in [3.8, 4) is 0 Å². The first-order valence-electron chi connectivity index (χ1n) is 4.50. The molecule has 2 rings (SSSR count). The number of hydrogen-bond acceptors (Lipinski definition) is 5. The Bertz CT molecular complexity index is 500. The molecule has 2 N–H and O–H groups in total. The van der Waals surface area contributed by atoms with Gasteiger partial charge in [0.15, 0.2) is 0 Å². The first kappa shape index (κ1) is 10.5. The van der Waals surface area contributed by atoms with Gasteiger partial charge in [0.1, 0.15) is 23.1 Å². The summed E-state index contributed by atoms with van der Waals surface area (Å²) in [5, 5.41) is 10.4. The Morgan fingerprint density at radius 2 is 2.12 bits per heavy atom. The van der Waals surface area contributed by atoms with E-state index in [0.717, 1.165) is 6.21 Å². The fourth-order valence-electron chi connectivity index (χ4n) is 1.16. The molecule has 80 valence electrons. The number of anilines is 2. The van der Waals surface area contributed by atoms with Crippen LogP contribution in [-0.2, 0) is 0 Å². The Morgan fingerprint density at radius 3 is 2.81 bits per heavy atom. The second-order valence-electron chi connectivity index (χ2n) is 2.91. The van der Waals surface area contributed by atoms with Gasteiger partial charge in [-0.05, 0) is 12.1 Å². The van der Waals surface area contributed by atoms with Crippen LogP contribution in [0.25, 0.3) is 0 Å². The van der Waals surface area contributed by atoms with Crippen molar-refractivity contribution in [3.63, 3.8) is 0 Å². The highest BCUT2D eigenvalue weighted by molar-refractivity contribution is 6.32. The molecule has 2 heterocycles. The zero-order valence-corrected chi connectivity index (χ0v) is 8.94. The van der Waals surface area contributed by atoms with Gasteiger partial charge >= 0.3 is 0 Å². The van der Waals surface area contributed by atoms with E-state index in [0.29, 0.717) is 17.2 Å². The Balaban J connectivity index is 2.35. The molecule has 0 saturated heterocycles. The van der Waals surface area contributed by atoms with Crippen LogP contribution in [0.5, 0.6) is 0 Å². The quantitative estimate of drug-likeness (QED) is 0.630. The van der Waals surface area contributed by atoms with Crippen molar-refractivity contribution in [3.05, 3.63) is 41.4 Å². The van der Waals surface area contributed by atoms with Gasteiger partial charge in [-0.1, -0.05) is 17.7 Å². The standard InChI is InChI=1S/C10H8ClN5/c11-9-7(5-12)10(15-6-14-9)16-8-3-1-2-4-13-8/h1-6,12H,(H,13,14,15,16). The fraction of sp³-hybridized carbons (Fsp3) is 0. The second-order valence-corrected chi connectivity index (χ2v) is 3.27. The maximum atomic E-state index is 7.24. The smallest absolute Gasteiger partial charge is 0.145 e. The van der Waals surface area contributed by atoms with Gasteiger partial charge < -0.3 is 10.7 Å². The molecule has 0 spiro atoms. The Kier molecular flexibility index (Phi) is 3.07. The largest absolute Gasteiger partial charge is 0.324 e. The molecule has 0 aliphatic rings. The van der Waals surface area contributed by atoms with Crippen LogP contribution in [0.15, 0.2) is 30.7 Å². The molecule has 0 radical (unpaired) electrons. The molecule has 0 aliphatic heterocycles. The van der Waals surface area contributed by atoms with Gasteiger partial charge in [-0.25, -0.2) is 15.0 Å². The summed E-state index contributed by atoms with van der Waals surface area (Å²) in [7, 11) is 0. The van der Waals surface area contributed by atoms with Crippen LogP contribution in [0.4, 0.5) is 11.6 Å². The molecule has 0 fully saturated rings. The van der Waals surface area contributed by atoms with Crippen LogP contribution < -0.4 is 5.32 Å². The van der Waals surface area contributed by atoms with E-state index >= 15 is 0 Å². The zero-order valence-electron chi connectivity index (χ0n) is 8.18. The number of nitrogens with one attached hydrogen (secondary N) is 2. The molecule has 0 aliphatic carbocycles. The number of halogens is 1. The minimum absolute atomic E-state index is 0.239. The van der Waals surface area contributed by atoms with Crippen LogP contribution in [0.2, 0.25) is 5.15 Å².